The topological polar surface area (TPSA) is 38.3 Å². The Hall–Kier alpha value is -1.00. The van der Waals surface area contributed by atoms with Gasteiger partial charge in [0.1, 0.15) is 5.25 Å². The molecule has 106 valence electrons. The monoisotopic (exact) mass is 281 g/mol. The van der Waals surface area contributed by atoms with Crippen molar-refractivity contribution in [2.24, 2.45) is 0 Å². The molecule has 0 fully saturated rings. The van der Waals surface area contributed by atoms with Crippen molar-refractivity contribution in [3.63, 3.8) is 0 Å². The van der Waals surface area contributed by atoms with Crippen LogP contribution in [0.2, 0.25) is 0 Å². The second-order valence-corrected chi connectivity index (χ2v) is 5.75. The smallest absolute Gasteiger partial charge is 0.319 e. The van der Waals surface area contributed by atoms with Gasteiger partial charge in [0.2, 0.25) is 0 Å². The summed E-state index contributed by atoms with van der Waals surface area (Å²) in [7, 11) is 0. The molecule has 0 bridgehead atoms. The highest BCUT2D eigenvalue weighted by Crippen LogP contribution is 2.24. The Labute approximate surface area is 120 Å². The SMILES string of the molecule is CCCNCc1ccc(SC(C)C(=O)OCC)cc1. The first kappa shape index (κ1) is 16.1. The van der Waals surface area contributed by atoms with E-state index in [1.807, 2.05) is 13.8 Å². The Morgan fingerprint density at radius 1 is 1.32 bits per heavy atom. The number of rotatable bonds is 8. The van der Waals surface area contributed by atoms with E-state index in [1.165, 1.54) is 17.3 Å². The van der Waals surface area contributed by atoms with Crippen LogP contribution in [0.4, 0.5) is 0 Å². The van der Waals surface area contributed by atoms with Crippen LogP contribution in [0.15, 0.2) is 29.2 Å². The third kappa shape index (κ3) is 6.12. The van der Waals surface area contributed by atoms with Crippen molar-refractivity contribution in [1.29, 1.82) is 0 Å². The van der Waals surface area contributed by atoms with E-state index in [2.05, 4.69) is 36.5 Å². The van der Waals surface area contributed by atoms with E-state index >= 15 is 0 Å². The summed E-state index contributed by atoms with van der Waals surface area (Å²) in [6, 6.07) is 8.32. The highest BCUT2D eigenvalue weighted by atomic mass is 32.2. The summed E-state index contributed by atoms with van der Waals surface area (Å²) in [5.74, 6) is -0.152. The number of thioether (sulfide) groups is 1. The molecule has 0 saturated carbocycles. The summed E-state index contributed by atoms with van der Waals surface area (Å²) < 4.78 is 5.00. The third-order valence-corrected chi connectivity index (χ3v) is 3.70. The van der Waals surface area contributed by atoms with Crippen LogP contribution >= 0.6 is 11.8 Å². The van der Waals surface area contributed by atoms with Crippen LogP contribution in [0.3, 0.4) is 0 Å². The molecule has 0 aliphatic rings. The van der Waals surface area contributed by atoms with E-state index in [0.29, 0.717) is 6.61 Å². The molecule has 0 aliphatic heterocycles. The number of esters is 1. The summed E-state index contributed by atoms with van der Waals surface area (Å²) in [5.41, 5.74) is 1.27. The summed E-state index contributed by atoms with van der Waals surface area (Å²) in [4.78, 5) is 12.6. The number of carbonyl (C=O) groups excluding carboxylic acids is 1. The number of hydrogen-bond donors (Lipinski definition) is 1. The minimum absolute atomic E-state index is 0.152. The Kier molecular flexibility index (Phi) is 7.60. The molecular formula is C15H23NO2S. The number of benzene rings is 1. The highest BCUT2D eigenvalue weighted by Gasteiger charge is 2.14. The zero-order valence-corrected chi connectivity index (χ0v) is 12.8. The number of ether oxygens (including phenoxy) is 1. The van der Waals surface area contributed by atoms with Crippen LogP contribution in [0.5, 0.6) is 0 Å². The Balaban J connectivity index is 2.45. The normalized spacial score (nSPS) is 12.2. The second-order valence-electron chi connectivity index (χ2n) is 4.33. The molecule has 1 unspecified atom stereocenters. The van der Waals surface area contributed by atoms with Gasteiger partial charge >= 0.3 is 5.97 Å². The number of carbonyl (C=O) groups is 1. The summed E-state index contributed by atoms with van der Waals surface area (Å²) in [5, 5.41) is 3.20. The lowest BCUT2D eigenvalue weighted by Crippen LogP contribution is -2.16. The average molecular weight is 281 g/mol. The molecule has 3 nitrogen and oxygen atoms in total. The lowest BCUT2D eigenvalue weighted by atomic mass is 10.2. The Bertz CT molecular complexity index is 378. The fourth-order valence-electron chi connectivity index (χ4n) is 1.61. The van der Waals surface area contributed by atoms with Gasteiger partial charge in [-0.3, -0.25) is 4.79 Å². The van der Waals surface area contributed by atoms with E-state index in [0.717, 1.165) is 24.4 Å². The van der Waals surface area contributed by atoms with E-state index < -0.39 is 0 Å². The maximum Gasteiger partial charge on any atom is 0.319 e. The average Bonchev–Trinajstić information content (AvgIpc) is 2.41. The van der Waals surface area contributed by atoms with Crippen LogP contribution in [0.1, 0.15) is 32.8 Å². The molecule has 0 aliphatic carbocycles. The van der Waals surface area contributed by atoms with Gasteiger partial charge in [-0.05, 0) is 44.5 Å². The minimum atomic E-state index is -0.163. The van der Waals surface area contributed by atoms with E-state index in [9.17, 15) is 4.79 Å². The van der Waals surface area contributed by atoms with Crippen molar-refractivity contribution in [2.45, 2.75) is 43.9 Å². The number of nitrogens with one attached hydrogen (secondary N) is 1. The molecule has 1 atom stereocenters. The standard InChI is InChI=1S/C15H23NO2S/c1-4-10-16-11-13-6-8-14(9-7-13)19-12(3)15(17)18-5-2/h6-9,12,16H,4-5,10-11H2,1-3H3. The molecule has 1 aromatic carbocycles. The van der Waals surface area contributed by atoms with Crippen molar-refractivity contribution in [2.75, 3.05) is 13.2 Å². The minimum Gasteiger partial charge on any atom is -0.465 e. The zero-order chi connectivity index (χ0) is 14.1. The first-order valence-electron chi connectivity index (χ1n) is 6.80. The van der Waals surface area contributed by atoms with Gasteiger partial charge < -0.3 is 10.1 Å². The maximum atomic E-state index is 11.5. The molecule has 0 radical (unpaired) electrons. The molecule has 4 heteroatoms. The lowest BCUT2D eigenvalue weighted by Gasteiger charge is -2.10. The van der Waals surface area contributed by atoms with Crippen molar-refractivity contribution in [3.8, 4) is 0 Å². The van der Waals surface area contributed by atoms with Crippen molar-refractivity contribution < 1.29 is 9.53 Å². The molecule has 1 N–H and O–H groups in total. The molecular weight excluding hydrogens is 258 g/mol. The van der Waals surface area contributed by atoms with Gasteiger partial charge in [-0.25, -0.2) is 0 Å². The van der Waals surface area contributed by atoms with Crippen LogP contribution in [-0.2, 0) is 16.1 Å². The largest absolute Gasteiger partial charge is 0.465 e. The van der Waals surface area contributed by atoms with Gasteiger partial charge in [-0.2, -0.15) is 0 Å². The van der Waals surface area contributed by atoms with Crippen molar-refractivity contribution in [3.05, 3.63) is 29.8 Å². The van der Waals surface area contributed by atoms with E-state index in [-0.39, 0.29) is 11.2 Å². The molecule has 0 amide bonds. The van der Waals surface area contributed by atoms with Gasteiger partial charge in [-0.15, -0.1) is 11.8 Å². The van der Waals surface area contributed by atoms with Crippen molar-refractivity contribution in [1.82, 2.24) is 5.32 Å². The van der Waals surface area contributed by atoms with Crippen molar-refractivity contribution >= 4 is 17.7 Å². The van der Waals surface area contributed by atoms with Gasteiger partial charge in [-0.1, -0.05) is 19.1 Å². The Morgan fingerprint density at radius 3 is 2.58 bits per heavy atom. The molecule has 1 aromatic rings. The predicted octanol–water partition coefficient (Wildman–Crippen LogP) is 3.23. The molecule has 0 spiro atoms. The summed E-state index contributed by atoms with van der Waals surface area (Å²) in [6.45, 7) is 8.23. The van der Waals surface area contributed by atoms with Gasteiger partial charge in [0.25, 0.3) is 0 Å². The van der Waals surface area contributed by atoms with Crippen LogP contribution < -0.4 is 5.32 Å². The third-order valence-electron chi connectivity index (χ3n) is 2.61. The van der Waals surface area contributed by atoms with Crippen LogP contribution in [0.25, 0.3) is 0 Å². The number of hydrogen-bond acceptors (Lipinski definition) is 4. The first-order chi connectivity index (χ1) is 9.17. The fourth-order valence-corrected chi connectivity index (χ4v) is 2.47. The van der Waals surface area contributed by atoms with E-state index in [1.54, 1.807) is 0 Å². The molecule has 1 rings (SSSR count). The van der Waals surface area contributed by atoms with Gasteiger partial charge in [0, 0.05) is 11.4 Å². The summed E-state index contributed by atoms with van der Waals surface area (Å²) >= 11 is 1.53. The predicted molar refractivity (Wildman–Crippen MR) is 80.4 cm³/mol. The Morgan fingerprint density at radius 2 is 2.00 bits per heavy atom. The lowest BCUT2D eigenvalue weighted by molar-refractivity contribution is -0.142. The van der Waals surface area contributed by atoms with Crippen LogP contribution in [-0.4, -0.2) is 24.4 Å². The molecule has 0 saturated heterocycles. The first-order valence-corrected chi connectivity index (χ1v) is 7.68. The zero-order valence-electron chi connectivity index (χ0n) is 11.9. The maximum absolute atomic E-state index is 11.5. The van der Waals surface area contributed by atoms with Crippen LogP contribution in [0, 0.1) is 0 Å². The van der Waals surface area contributed by atoms with Gasteiger partial charge in [0.15, 0.2) is 0 Å². The molecule has 0 heterocycles. The fraction of sp³-hybridized carbons (Fsp3) is 0.533. The summed E-state index contributed by atoms with van der Waals surface area (Å²) in [6.07, 6.45) is 1.14. The quantitative estimate of drug-likeness (QED) is 0.451. The second kappa shape index (κ2) is 8.99. The van der Waals surface area contributed by atoms with Gasteiger partial charge in [0.05, 0.1) is 6.61 Å². The molecule has 19 heavy (non-hydrogen) atoms. The highest BCUT2D eigenvalue weighted by molar-refractivity contribution is 8.00. The van der Waals surface area contributed by atoms with E-state index in [4.69, 9.17) is 4.74 Å². The molecule has 0 aromatic heterocycles.